The summed E-state index contributed by atoms with van der Waals surface area (Å²) in [6, 6.07) is 53.6. The first-order valence-electron chi connectivity index (χ1n) is 13.5. The predicted octanol–water partition coefficient (Wildman–Crippen LogP) is 12.1. The Morgan fingerprint density at radius 2 is 0.634 bits per heavy atom. The van der Waals surface area contributed by atoms with Gasteiger partial charge in [0.05, 0.1) is 0 Å². The van der Waals surface area contributed by atoms with Gasteiger partial charge < -0.3 is 9.80 Å². The summed E-state index contributed by atoms with van der Waals surface area (Å²) in [6.45, 7) is 2.12. The van der Waals surface area contributed by atoms with Gasteiger partial charge in [0.2, 0.25) is 0 Å². The Labute approximate surface area is 258 Å². The van der Waals surface area contributed by atoms with Gasteiger partial charge in [0.15, 0.2) is 0 Å². The monoisotopic (exact) mass is 658 g/mol. The van der Waals surface area contributed by atoms with Crippen LogP contribution in [-0.2, 0) is 0 Å². The van der Waals surface area contributed by atoms with Gasteiger partial charge in [0.25, 0.3) is 0 Å². The van der Waals surface area contributed by atoms with E-state index in [0.717, 1.165) is 43.1 Å². The number of aryl methyl sites for hydroxylation is 1. The first-order chi connectivity index (χ1) is 20.0. The average molecular weight is 660 g/mol. The van der Waals surface area contributed by atoms with E-state index in [2.05, 4.69) is 200 Å². The van der Waals surface area contributed by atoms with Gasteiger partial charge >= 0.3 is 0 Å². The maximum atomic E-state index is 3.57. The van der Waals surface area contributed by atoms with Crippen molar-refractivity contribution in [3.05, 3.63) is 166 Å². The van der Waals surface area contributed by atoms with E-state index in [1.54, 1.807) is 0 Å². The van der Waals surface area contributed by atoms with Crippen molar-refractivity contribution in [3.63, 3.8) is 0 Å². The van der Waals surface area contributed by atoms with Gasteiger partial charge in [0.1, 0.15) is 0 Å². The van der Waals surface area contributed by atoms with Crippen LogP contribution in [0.3, 0.4) is 0 Å². The summed E-state index contributed by atoms with van der Waals surface area (Å²) in [6.07, 6.45) is 0. The lowest BCUT2D eigenvalue weighted by Gasteiger charge is -2.26. The minimum atomic E-state index is 1.06. The first kappa shape index (κ1) is 27.1. The van der Waals surface area contributed by atoms with Crippen LogP contribution in [0.4, 0.5) is 34.1 Å². The highest BCUT2D eigenvalue weighted by atomic mass is 79.9. The molecule has 6 rings (SSSR count). The summed E-state index contributed by atoms with van der Waals surface area (Å²) in [5.74, 6) is 0. The van der Waals surface area contributed by atoms with Crippen molar-refractivity contribution < 1.29 is 0 Å². The topological polar surface area (TPSA) is 6.48 Å². The molecule has 0 radical (unpaired) electrons. The molecule has 0 saturated heterocycles. The van der Waals surface area contributed by atoms with Gasteiger partial charge in [-0.05, 0) is 115 Å². The zero-order valence-electron chi connectivity index (χ0n) is 22.6. The zero-order valence-corrected chi connectivity index (χ0v) is 25.8. The quantitative estimate of drug-likeness (QED) is 0.168. The van der Waals surface area contributed by atoms with Crippen LogP contribution in [0.2, 0.25) is 0 Å². The molecule has 0 aliphatic carbocycles. The predicted molar refractivity (Wildman–Crippen MR) is 181 cm³/mol. The molecule has 0 heterocycles. The fourth-order valence-electron chi connectivity index (χ4n) is 4.95. The number of hydrogen-bond donors (Lipinski definition) is 0. The molecule has 2 nitrogen and oxygen atoms in total. The summed E-state index contributed by atoms with van der Waals surface area (Å²) in [7, 11) is 0. The molecule has 0 aliphatic heterocycles. The van der Waals surface area contributed by atoms with E-state index >= 15 is 0 Å². The van der Waals surface area contributed by atoms with E-state index in [1.165, 1.54) is 16.7 Å². The van der Waals surface area contributed by atoms with E-state index in [4.69, 9.17) is 0 Å². The Balaban J connectivity index is 1.31. The van der Waals surface area contributed by atoms with Crippen LogP contribution in [0.5, 0.6) is 0 Å². The molecule has 0 saturated carbocycles. The number of halogens is 2. The van der Waals surface area contributed by atoms with Crippen molar-refractivity contribution in [2.45, 2.75) is 6.92 Å². The zero-order chi connectivity index (χ0) is 28.2. The Hall–Kier alpha value is -4.12. The molecule has 0 fully saturated rings. The molecule has 6 aromatic rings. The third-order valence-corrected chi connectivity index (χ3v) is 8.12. The van der Waals surface area contributed by atoms with Crippen LogP contribution < -0.4 is 9.80 Å². The Morgan fingerprint density at radius 3 is 1.00 bits per heavy atom. The maximum Gasteiger partial charge on any atom is 0.0462 e. The molecule has 200 valence electrons. The molecule has 0 atom stereocenters. The number of nitrogens with zero attached hydrogens (tertiary/aromatic N) is 2. The highest BCUT2D eigenvalue weighted by Crippen LogP contribution is 2.38. The number of hydrogen-bond acceptors (Lipinski definition) is 2. The second kappa shape index (κ2) is 12.2. The van der Waals surface area contributed by atoms with Crippen molar-refractivity contribution >= 4 is 66.0 Å². The molecule has 0 aromatic heterocycles. The van der Waals surface area contributed by atoms with Crippen molar-refractivity contribution in [2.75, 3.05) is 9.80 Å². The first-order valence-corrected chi connectivity index (χ1v) is 15.1. The highest BCUT2D eigenvalue weighted by Gasteiger charge is 2.14. The normalized spacial score (nSPS) is 10.8. The summed E-state index contributed by atoms with van der Waals surface area (Å²) in [5, 5.41) is 0. The third kappa shape index (κ3) is 6.14. The summed E-state index contributed by atoms with van der Waals surface area (Å²) >= 11 is 7.13. The molecular formula is C37H28Br2N2. The minimum Gasteiger partial charge on any atom is -0.311 e. The molecule has 0 N–H and O–H groups in total. The van der Waals surface area contributed by atoms with E-state index in [1.807, 2.05) is 0 Å². The fraction of sp³-hybridized carbons (Fsp3) is 0.0270. The highest BCUT2D eigenvalue weighted by molar-refractivity contribution is 9.10. The smallest absolute Gasteiger partial charge is 0.0462 e. The van der Waals surface area contributed by atoms with Crippen LogP contribution in [0.25, 0.3) is 11.1 Å². The number of anilines is 6. The van der Waals surface area contributed by atoms with Gasteiger partial charge in [-0.2, -0.15) is 0 Å². The fourth-order valence-corrected chi connectivity index (χ4v) is 5.48. The Kier molecular flexibility index (Phi) is 8.04. The van der Waals surface area contributed by atoms with E-state index < -0.39 is 0 Å². The molecule has 41 heavy (non-hydrogen) atoms. The lowest BCUT2D eigenvalue weighted by Crippen LogP contribution is -2.10. The van der Waals surface area contributed by atoms with Crippen LogP contribution in [0.1, 0.15) is 5.56 Å². The van der Waals surface area contributed by atoms with E-state index in [0.29, 0.717) is 0 Å². The second-order valence-electron chi connectivity index (χ2n) is 9.89. The SMILES string of the molecule is Cc1ccc(N(c2ccccc2)c2ccc(-c3ccc(N(c4ccc(Br)cc4)c4ccc(Br)cc4)cc3)cc2)cc1. The molecule has 0 amide bonds. The second-order valence-corrected chi connectivity index (χ2v) is 11.7. The van der Waals surface area contributed by atoms with Crippen LogP contribution in [0.15, 0.2) is 161 Å². The molecule has 4 heteroatoms. The van der Waals surface area contributed by atoms with Crippen molar-refractivity contribution in [2.24, 2.45) is 0 Å². The van der Waals surface area contributed by atoms with Gasteiger partial charge in [-0.3, -0.25) is 0 Å². The van der Waals surface area contributed by atoms with Gasteiger partial charge in [-0.1, -0.05) is 92.0 Å². The molecule has 0 aliphatic rings. The lowest BCUT2D eigenvalue weighted by molar-refractivity contribution is 1.27. The maximum absolute atomic E-state index is 3.57. The number of benzene rings is 6. The largest absolute Gasteiger partial charge is 0.311 e. The summed E-state index contributed by atoms with van der Waals surface area (Å²) < 4.78 is 2.12. The van der Waals surface area contributed by atoms with Crippen LogP contribution in [0, 0.1) is 6.92 Å². The standard InChI is InChI=1S/C37H28Br2N2/c1-27-7-17-33(18-8-27)40(32-5-3-2-4-6-32)34-19-9-28(10-20-34)29-11-21-35(22-12-29)41(36-23-13-30(38)14-24-36)37-25-15-31(39)16-26-37/h2-26H,1H3. The molecule has 6 aromatic carbocycles. The third-order valence-electron chi connectivity index (χ3n) is 7.06. The molecule has 0 bridgehead atoms. The van der Waals surface area contributed by atoms with Crippen LogP contribution >= 0.6 is 31.9 Å². The molecular weight excluding hydrogens is 632 g/mol. The van der Waals surface area contributed by atoms with Gasteiger partial charge in [-0.25, -0.2) is 0 Å². The molecule has 0 unspecified atom stereocenters. The van der Waals surface area contributed by atoms with E-state index in [9.17, 15) is 0 Å². The van der Waals surface area contributed by atoms with Crippen molar-refractivity contribution in [3.8, 4) is 11.1 Å². The lowest BCUT2D eigenvalue weighted by atomic mass is 10.0. The summed E-state index contributed by atoms with van der Waals surface area (Å²) in [5.41, 5.74) is 10.3. The minimum absolute atomic E-state index is 1.06. The Bertz CT molecular complexity index is 1670. The average Bonchev–Trinajstić information content (AvgIpc) is 3.02. The van der Waals surface area contributed by atoms with Crippen LogP contribution in [-0.4, -0.2) is 0 Å². The summed E-state index contributed by atoms with van der Waals surface area (Å²) in [4.78, 5) is 4.56. The Morgan fingerprint density at radius 1 is 0.341 bits per heavy atom. The number of rotatable bonds is 7. The van der Waals surface area contributed by atoms with Crippen molar-refractivity contribution in [1.82, 2.24) is 0 Å². The molecule has 0 spiro atoms. The van der Waals surface area contributed by atoms with E-state index in [-0.39, 0.29) is 0 Å². The van der Waals surface area contributed by atoms with Crippen molar-refractivity contribution in [1.29, 1.82) is 0 Å². The number of para-hydroxylation sites is 1. The van der Waals surface area contributed by atoms with Gasteiger partial charge in [0, 0.05) is 43.1 Å². The van der Waals surface area contributed by atoms with Gasteiger partial charge in [-0.15, -0.1) is 0 Å².